The highest BCUT2D eigenvalue weighted by Gasteiger charge is 2.45. The summed E-state index contributed by atoms with van der Waals surface area (Å²) in [5, 5.41) is 1.11. The molecule has 0 saturated carbocycles. The van der Waals surface area contributed by atoms with E-state index in [-0.39, 0.29) is 0 Å². The molecule has 2 saturated heterocycles. The normalized spacial score (nSPS) is 22.1. The predicted molar refractivity (Wildman–Crippen MR) is 162 cm³/mol. The van der Waals surface area contributed by atoms with Gasteiger partial charge in [0.25, 0.3) is 0 Å². The molecule has 2 unspecified atom stereocenters. The van der Waals surface area contributed by atoms with E-state index in [9.17, 15) is 0 Å². The van der Waals surface area contributed by atoms with Gasteiger partial charge in [0.15, 0.2) is 0 Å². The number of hydrogen-bond acceptors (Lipinski definition) is 5. The fourth-order valence-corrected chi connectivity index (χ4v) is 7.32. The van der Waals surface area contributed by atoms with E-state index in [2.05, 4.69) is 57.3 Å². The molecule has 41 heavy (non-hydrogen) atoms. The van der Waals surface area contributed by atoms with Crippen molar-refractivity contribution in [2.75, 3.05) is 20.3 Å². The number of aromatic amines is 1. The summed E-state index contributed by atoms with van der Waals surface area (Å²) in [5.74, 6) is 0.804. The Hall–Kier alpha value is -4.00. The van der Waals surface area contributed by atoms with Crippen molar-refractivity contribution in [3.8, 4) is 39.3 Å². The van der Waals surface area contributed by atoms with E-state index in [1.165, 1.54) is 36.0 Å². The number of hydrogen-bond donors (Lipinski definition) is 1. The Kier molecular flexibility index (Phi) is 6.12. The molecular weight excluding hydrogens is 508 g/mol. The summed E-state index contributed by atoms with van der Waals surface area (Å²) in [6, 6.07) is 23.6. The van der Waals surface area contributed by atoms with E-state index in [1.54, 1.807) is 7.11 Å². The maximum Gasteiger partial charge on any atom is 0.137 e. The van der Waals surface area contributed by atoms with E-state index >= 15 is 0 Å². The quantitative estimate of drug-likeness (QED) is 0.251. The van der Waals surface area contributed by atoms with Gasteiger partial charge in [-0.3, -0.25) is 9.88 Å². The Labute approximate surface area is 240 Å². The van der Waals surface area contributed by atoms with Crippen LogP contribution in [0.25, 0.3) is 44.5 Å². The second-order valence-corrected chi connectivity index (χ2v) is 11.7. The van der Waals surface area contributed by atoms with Crippen LogP contribution in [0, 0.1) is 0 Å². The number of aromatic nitrogens is 3. The number of benzene rings is 2. The van der Waals surface area contributed by atoms with E-state index < -0.39 is 0 Å². The molecule has 2 aromatic carbocycles. The van der Waals surface area contributed by atoms with Crippen molar-refractivity contribution < 1.29 is 9.47 Å². The molecule has 3 atom stereocenters. The molecule has 0 amide bonds. The summed E-state index contributed by atoms with van der Waals surface area (Å²) in [6.07, 6.45) is 12.0. The first kappa shape index (κ1) is 24.8. The molecule has 6 nitrogen and oxygen atoms in total. The number of morpholine rings is 1. The lowest BCUT2D eigenvalue weighted by Gasteiger charge is -2.56. The number of nitrogens with one attached hydrogen (secondary N) is 1. The second-order valence-electron chi connectivity index (χ2n) is 11.7. The van der Waals surface area contributed by atoms with Crippen LogP contribution < -0.4 is 4.74 Å². The molecule has 2 fully saturated rings. The maximum absolute atomic E-state index is 5.79. The molecule has 0 radical (unpaired) electrons. The number of pyridine rings is 2. The summed E-state index contributed by atoms with van der Waals surface area (Å²) in [4.78, 5) is 15.5. The highest BCUT2D eigenvalue weighted by atomic mass is 16.5. The van der Waals surface area contributed by atoms with Crippen LogP contribution in [0.4, 0.5) is 0 Å². The van der Waals surface area contributed by atoms with Crippen molar-refractivity contribution in [3.63, 3.8) is 0 Å². The fourth-order valence-electron chi connectivity index (χ4n) is 7.32. The zero-order valence-corrected chi connectivity index (χ0v) is 23.3. The van der Waals surface area contributed by atoms with Crippen LogP contribution in [0.5, 0.6) is 5.75 Å². The van der Waals surface area contributed by atoms with Gasteiger partial charge in [0.05, 0.1) is 26.0 Å². The zero-order valence-electron chi connectivity index (χ0n) is 23.3. The number of H-pyrrole nitrogens is 1. The highest BCUT2D eigenvalue weighted by Crippen LogP contribution is 2.39. The molecule has 5 heterocycles. The topological polar surface area (TPSA) is 63.3 Å². The molecule has 2 bridgehead atoms. The molecule has 2 aliphatic heterocycles. The van der Waals surface area contributed by atoms with Gasteiger partial charge in [0.2, 0.25) is 0 Å². The molecule has 1 N–H and O–H groups in total. The van der Waals surface area contributed by atoms with Gasteiger partial charge in [0, 0.05) is 58.8 Å². The van der Waals surface area contributed by atoms with Crippen molar-refractivity contribution in [2.24, 2.45) is 0 Å². The molecule has 5 aromatic rings. The lowest BCUT2D eigenvalue weighted by atomic mass is 9.87. The van der Waals surface area contributed by atoms with Crippen LogP contribution in [0.15, 0.2) is 79.3 Å². The molecule has 0 spiro atoms. The maximum atomic E-state index is 5.79. The largest absolute Gasteiger partial charge is 0.496 e. The second kappa shape index (κ2) is 10.1. The predicted octanol–water partition coefficient (Wildman–Crippen LogP) is 6.69. The van der Waals surface area contributed by atoms with Crippen LogP contribution in [-0.4, -0.2) is 58.3 Å². The number of fused-ring (bicyclic) bond motifs is 4. The number of nitrogens with zero attached hydrogens (tertiary/aromatic N) is 3. The molecule has 6 heteroatoms. The molecule has 8 rings (SSSR count). The fraction of sp³-hybridized carbons (Fsp3) is 0.314. The highest BCUT2D eigenvalue weighted by molar-refractivity contribution is 5.96. The Morgan fingerprint density at radius 3 is 2.49 bits per heavy atom. The van der Waals surface area contributed by atoms with Crippen molar-refractivity contribution in [1.82, 2.24) is 19.9 Å². The minimum atomic E-state index is 0.648. The molecule has 3 aliphatic rings. The average molecular weight is 543 g/mol. The van der Waals surface area contributed by atoms with Crippen LogP contribution in [0.2, 0.25) is 0 Å². The first-order valence-electron chi connectivity index (χ1n) is 14.8. The van der Waals surface area contributed by atoms with E-state index in [0.29, 0.717) is 18.1 Å². The first-order chi connectivity index (χ1) is 20.2. The van der Waals surface area contributed by atoms with Crippen LogP contribution in [-0.2, 0) is 17.6 Å². The van der Waals surface area contributed by atoms with E-state index in [1.807, 2.05) is 36.8 Å². The van der Waals surface area contributed by atoms with Gasteiger partial charge < -0.3 is 14.5 Å². The third kappa shape index (κ3) is 4.33. The molecule has 3 aromatic heterocycles. The molecule has 1 aliphatic carbocycles. The third-order valence-corrected chi connectivity index (χ3v) is 9.45. The molecular formula is C35H34N4O2. The minimum Gasteiger partial charge on any atom is -0.496 e. The SMILES string of the molecule is COc1cc(-c2c[nH]c3ncc(-c4ccc5c(c4)CC[C@@H](N4C6COCC4C6)CC5)cc23)ccc1-c1ccccn1. The Bertz CT molecular complexity index is 1720. The smallest absolute Gasteiger partial charge is 0.137 e. The summed E-state index contributed by atoms with van der Waals surface area (Å²) >= 11 is 0. The monoisotopic (exact) mass is 542 g/mol. The summed E-state index contributed by atoms with van der Waals surface area (Å²) in [5.41, 5.74) is 10.4. The molecule has 206 valence electrons. The number of ether oxygens (including phenoxy) is 2. The van der Waals surface area contributed by atoms with Crippen molar-refractivity contribution in [3.05, 3.63) is 90.4 Å². The third-order valence-electron chi connectivity index (χ3n) is 9.45. The van der Waals surface area contributed by atoms with Crippen molar-refractivity contribution in [2.45, 2.75) is 50.2 Å². The van der Waals surface area contributed by atoms with Gasteiger partial charge >= 0.3 is 0 Å². The zero-order chi connectivity index (χ0) is 27.3. The minimum absolute atomic E-state index is 0.648. The average Bonchev–Trinajstić information content (AvgIpc) is 3.35. The van der Waals surface area contributed by atoms with Crippen LogP contribution in [0.1, 0.15) is 30.4 Å². The Morgan fingerprint density at radius 2 is 1.68 bits per heavy atom. The van der Waals surface area contributed by atoms with E-state index in [4.69, 9.17) is 14.5 Å². The Balaban J connectivity index is 1.09. The van der Waals surface area contributed by atoms with Gasteiger partial charge in [-0.05, 0) is 84.7 Å². The number of methoxy groups -OCH3 is 1. The van der Waals surface area contributed by atoms with Crippen LogP contribution >= 0.6 is 0 Å². The Morgan fingerprint density at radius 1 is 0.829 bits per heavy atom. The number of rotatable bonds is 5. The van der Waals surface area contributed by atoms with Gasteiger partial charge in [-0.25, -0.2) is 4.98 Å². The standard InChI is InChI=1S/C35H34N4O2/c1-40-34-16-25(9-12-30(34)33-4-2-3-13-36-33)32-19-38-35-31(32)15-26(18-37-35)24-6-5-22-7-10-27(11-8-23(22)14-24)39-28-17-29(39)21-41-20-28/h2-6,9,12-16,18-19,27-29H,7-8,10-11,17,20-21H2,1H3,(H,37,38)/t27-,28?,29?/m0/s1. The van der Waals surface area contributed by atoms with Gasteiger partial charge in [-0.2, -0.15) is 0 Å². The first-order valence-corrected chi connectivity index (χ1v) is 14.8. The summed E-state index contributed by atoms with van der Waals surface area (Å²) in [7, 11) is 1.71. The lowest BCUT2D eigenvalue weighted by molar-refractivity contribution is -0.148. The van der Waals surface area contributed by atoms with Gasteiger partial charge in [-0.1, -0.05) is 30.3 Å². The summed E-state index contributed by atoms with van der Waals surface area (Å²) < 4.78 is 11.5. The van der Waals surface area contributed by atoms with Gasteiger partial charge in [0.1, 0.15) is 11.4 Å². The van der Waals surface area contributed by atoms with Crippen LogP contribution in [0.3, 0.4) is 0 Å². The van der Waals surface area contributed by atoms with Crippen molar-refractivity contribution >= 4 is 11.0 Å². The number of aryl methyl sites for hydroxylation is 2. The summed E-state index contributed by atoms with van der Waals surface area (Å²) in [6.45, 7) is 1.84. The van der Waals surface area contributed by atoms with Gasteiger partial charge in [-0.15, -0.1) is 0 Å². The lowest BCUT2D eigenvalue weighted by Crippen LogP contribution is -2.66. The van der Waals surface area contributed by atoms with E-state index in [0.717, 1.165) is 70.8 Å². The van der Waals surface area contributed by atoms with Crippen molar-refractivity contribution in [1.29, 1.82) is 0 Å².